The third kappa shape index (κ3) is 2.49. The Morgan fingerprint density at radius 1 is 1.25 bits per heavy atom. The molecule has 0 fully saturated rings. The lowest BCUT2D eigenvalue weighted by Gasteiger charge is -2.25. The van der Waals surface area contributed by atoms with Crippen LogP contribution in [0.4, 0.5) is 5.69 Å². The van der Waals surface area contributed by atoms with Crippen molar-refractivity contribution < 1.29 is 4.79 Å². The molecule has 24 heavy (non-hydrogen) atoms. The summed E-state index contributed by atoms with van der Waals surface area (Å²) in [5.41, 5.74) is 3.34. The van der Waals surface area contributed by atoms with Crippen LogP contribution in [0, 0.1) is 0 Å². The van der Waals surface area contributed by atoms with Crippen LogP contribution in [-0.2, 0) is 11.2 Å². The number of aromatic nitrogens is 2. The van der Waals surface area contributed by atoms with Crippen molar-refractivity contribution in [2.75, 3.05) is 4.90 Å². The Kier molecular flexibility index (Phi) is 3.81. The summed E-state index contributed by atoms with van der Waals surface area (Å²) in [7, 11) is 0. The summed E-state index contributed by atoms with van der Waals surface area (Å²) >= 11 is 1.51. The standard InChI is InChI=1S/C19H19N3OS/c1-13-11-15-7-3-4-9-17(15)22(13)18(23)14(2)24-19-20-12-16-8-5-6-10-21(16)19/h3-10,12-14H,11H2,1-2H3. The minimum atomic E-state index is -0.190. The van der Waals surface area contributed by atoms with Gasteiger partial charge in [0.25, 0.3) is 0 Å². The topological polar surface area (TPSA) is 37.6 Å². The molecule has 0 saturated carbocycles. The Morgan fingerprint density at radius 2 is 2.04 bits per heavy atom. The van der Waals surface area contributed by atoms with Crippen LogP contribution in [0.25, 0.3) is 5.52 Å². The molecule has 0 bridgehead atoms. The van der Waals surface area contributed by atoms with Crippen molar-refractivity contribution in [1.29, 1.82) is 0 Å². The fourth-order valence-electron chi connectivity index (χ4n) is 3.31. The van der Waals surface area contributed by atoms with E-state index >= 15 is 0 Å². The number of fused-ring (bicyclic) bond motifs is 2. The molecular weight excluding hydrogens is 318 g/mol. The third-order valence-corrected chi connectivity index (χ3v) is 5.55. The maximum atomic E-state index is 13.0. The molecule has 0 aliphatic carbocycles. The van der Waals surface area contributed by atoms with E-state index in [1.807, 2.05) is 65.0 Å². The highest BCUT2D eigenvalue weighted by atomic mass is 32.2. The molecule has 0 spiro atoms. The van der Waals surface area contributed by atoms with Crippen LogP contribution in [0.15, 0.2) is 60.0 Å². The van der Waals surface area contributed by atoms with Crippen LogP contribution >= 0.6 is 11.8 Å². The van der Waals surface area contributed by atoms with E-state index in [1.165, 1.54) is 17.3 Å². The first-order valence-corrected chi connectivity index (χ1v) is 9.03. The zero-order valence-electron chi connectivity index (χ0n) is 13.7. The molecule has 1 aliphatic heterocycles. The van der Waals surface area contributed by atoms with Crippen LogP contribution in [0.1, 0.15) is 19.4 Å². The number of anilines is 1. The highest BCUT2D eigenvalue weighted by Crippen LogP contribution is 2.34. The van der Waals surface area contributed by atoms with Crippen molar-refractivity contribution in [1.82, 2.24) is 9.38 Å². The van der Waals surface area contributed by atoms with Gasteiger partial charge in [-0.05, 0) is 44.0 Å². The van der Waals surface area contributed by atoms with Gasteiger partial charge in [0.1, 0.15) is 0 Å². The van der Waals surface area contributed by atoms with Gasteiger partial charge in [-0.3, -0.25) is 9.20 Å². The molecular formula is C19H19N3OS. The Hall–Kier alpha value is -2.27. The van der Waals surface area contributed by atoms with E-state index in [0.29, 0.717) is 0 Å². The summed E-state index contributed by atoms with van der Waals surface area (Å²) in [4.78, 5) is 19.5. The van der Waals surface area contributed by atoms with Crippen LogP contribution < -0.4 is 4.90 Å². The lowest BCUT2D eigenvalue weighted by Crippen LogP contribution is -2.40. The van der Waals surface area contributed by atoms with Gasteiger partial charge in [0, 0.05) is 17.9 Å². The van der Waals surface area contributed by atoms with E-state index in [2.05, 4.69) is 18.0 Å². The van der Waals surface area contributed by atoms with Crippen LogP contribution in [0.5, 0.6) is 0 Å². The Morgan fingerprint density at radius 3 is 2.92 bits per heavy atom. The second-order valence-electron chi connectivity index (χ2n) is 6.19. The molecule has 4 rings (SSSR count). The molecule has 1 aliphatic rings. The maximum Gasteiger partial charge on any atom is 0.240 e. The van der Waals surface area contributed by atoms with Crippen molar-refractivity contribution in [3.63, 3.8) is 0 Å². The van der Waals surface area contributed by atoms with Gasteiger partial charge < -0.3 is 4.90 Å². The average Bonchev–Trinajstić information content (AvgIpc) is 3.14. The monoisotopic (exact) mass is 337 g/mol. The van der Waals surface area contributed by atoms with Crippen molar-refractivity contribution in [2.24, 2.45) is 0 Å². The molecule has 0 saturated heterocycles. The number of amides is 1. The zero-order chi connectivity index (χ0) is 16.7. The largest absolute Gasteiger partial charge is 0.308 e. The first-order valence-electron chi connectivity index (χ1n) is 8.15. The smallest absolute Gasteiger partial charge is 0.240 e. The minimum absolute atomic E-state index is 0.144. The number of imidazole rings is 1. The summed E-state index contributed by atoms with van der Waals surface area (Å²) in [5, 5.41) is 0.663. The molecule has 4 nitrogen and oxygen atoms in total. The number of hydrogen-bond acceptors (Lipinski definition) is 3. The molecule has 3 aromatic rings. The van der Waals surface area contributed by atoms with Crippen LogP contribution in [0.2, 0.25) is 0 Å². The molecule has 0 radical (unpaired) electrons. The number of pyridine rings is 1. The van der Waals surface area contributed by atoms with Gasteiger partial charge >= 0.3 is 0 Å². The fraction of sp³-hybridized carbons (Fsp3) is 0.263. The summed E-state index contributed by atoms with van der Waals surface area (Å²) in [5.74, 6) is 0.144. The van der Waals surface area contributed by atoms with Gasteiger partial charge in [0.2, 0.25) is 5.91 Å². The van der Waals surface area contributed by atoms with Gasteiger partial charge in [0.15, 0.2) is 5.16 Å². The number of benzene rings is 1. The van der Waals surface area contributed by atoms with E-state index in [1.54, 1.807) is 0 Å². The number of carbonyl (C=O) groups is 1. The van der Waals surface area contributed by atoms with Crippen molar-refractivity contribution in [3.8, 4) is 0 Å². The predicted molar refractivity (Wildman–Crippen MR) is 97.6 cm³/mol. The van der Waals surface area contributed by atoms with Crippen molar-refractivity contribution >= 4 is 28.9 Å². The molecule has 0 N–H and O–H groups in total. The minimum Gasteiger partial charge on any atom is -0.308 e. The third-order valence-electron chi connectivity index (χ3n) is 4.48. The number of hydrogen-bond donors (Lipinski definition) is 0. The van der Waals surface area contributed by atoms with E-state index in [0.717, 1.165) is 22.8 Å². The van der Waals surface area contributed by atoms with E-state index in [-0.39, 0.29) is 17.2 Å². The average molecular weight is 337 g/mol. The van der Waals surface area contributed by atoms with E-state index < -0.39 is 0 Å². The van der Waals surface area contributed by atoms with E-state index in [9.17, 15) is 4.79 Å². The zero-order valence-corrected chi connectivity index (χ0v) is 14.5. The Bertz CT molecular complexity index is 904. The quantitative estimate of drug-likeness (QED) is 0.682. The summed E-state index contributed by atoms with van der Waals surface area (Å²) in [6.45, 7) is 4.07. The van der Waals surface area contributed by atoms with Crippen molar-refractivity contribution in [2.45, 2.75) is 36.7 Å². The van der Waals surface area contributed by atoms with Gasteiger partial charge in [-0.25, -0.2) is 4.98 Å². The second kappa shape index (κ2) is 5.98. The van der Waals surface area contributed by atoms with Crippen molar-refractivity contribution in [3.05, 3.63) is 60.4 Å². The molecule has 1 amide bonds. The second-order valence-corrected chi connectivity index (χ2v) is 7.49. The number of para-hydroxylation sites is 1. The summed E-state index contributed by atoms with van der Waals surface area (Å²) < 4.78 is 2.02. The fourth-order valence-corrected chi connectivity index (χ4v) is 4.24. The van der Waals surface area contributed by atoms with Gasteiger partial charge in [-0.15, -0.1) is 0 Å². The highest BCUT2D eigenvalue weighted by molar-refractivity contribution is 8.00. The molecule has 2 atom stereocenters. The summed E-state index contributed by atoms with van der Waals surface area (Å²) in [6.07, 6.45) is 4.74. The molecule has 3 heterocycles. The maximum absolute atomic E-state index is 13.0. The van der Waals surface area contributed by atoms with Gasteiger partial charge in [-0.1, -0.05) is 36.0 Å². The highest BCUT2D eigenvalue weighted by Gasteiger charge is 2.33. The lowest BCUT2D eigenvalue weighted by atomic mass is 10.1. The number of thioether (sulfide) groups is 1. The van der Waals surface area contributed by atoms with E-state index in [4.69, 9.17) is 0 Å². The SMILES string of the molecule is CC(Sc1ncc2ccccn12)C(=O)N1c2ccccc2CC1C. The van der Waals surface area contributed by atoms with Gasteiger partial charge in [-0.2, -0.15) is 0 Å². The van der Waals surface area contributed by atoms with Gasteiger partial charge in [0.05, 0.1) is 17.0 Å². The molecule has 1 aromatic carbocycles. The Labute approximate surface area is 145 Å². The first-order chi connectivity index (χ1) is 11.6. The normalized spacial score (nSPS) is 17.9. The number of nitrogens with zero attached hydrogens (tertiary/aromatic N) is 3. The predicted octanol–water partition coefficient (Wildman–Crippen LogP) is 3.79. The number of carbonyl (C=O) groups excluding carboxylic acids is 1. The lowest BCUT2D eigenvalue weighted by molar-refractivity contribution is -0.118. The molecule has 122 valence electrons. The molecule has 5 heteroatoms. The Balaban J connectivity index is 1.58. The number of rotatable bonds is 3. The van der Waals surface area contributed by atoms with Crippen LogP contribution in [0.3, 0.4) is 0 Å². The molecule has 2 unspecified atom stereocenters. The summed E-state index contributed by atoms with van der Waals surface area (Å²) in [6, 6.07) is 14.4. The van der Waals surface area contributed by atoms with Crippen LogP contribution in [-0.4, -0.2) is 26.6 Å². The molecule has 2 aromatic heterocycles. The first kappa shape index (κ1) is 15.3.